The highest BCUT2D eigenvalue weighted by atomic mass is 32.2. The Labute approximate surface area is 87.8 Å². The maximum absolute atomic E-state index is 11.3. The average molecular weight is 226 g/mol. The standard InChI is InChI=1S/C9H10N2O3S/c1-2-15(13,14)11-10-9(12)8-6-4-3-5-7-8/h2-7,11H,1H2,(H,10,12). The molecule has 1 amide bonds. The minimum atomic E-state index is -3.64. The summed E-state index contributed by atoms with van der Waals surface area (Å²) in [5, 5.41) is 0.707. The van der Waals surface area contributed by atoms with E-state index >= 15 is 0 Å². The molecule has 15 heavy (non-hydrogen) atoms. The minimum absolute atomic E-state index is 0.365. The number of carbonyl (C=O) groups excluding carboxylic acids is 1. The molecule has 0 spiro atoms. The predicted octanol–water partition coefficient (Wildman–Crippen LogP) is 0.394. The zero-order valence-electron chi connectivity index (χ0n) is 7.80. The summed E-state index contributed by atoms with van der Waals surface area (Å²) in [4.78, 5) is 13.2. The number of amides is 1. The molecule has 0 saturated heterocycles. The van der Waals surface area contributed by atoms with E-state index in [-0.39, 0.29) is 0 Å². The number of benzene rings is 1. The lowest BCUT2D eigenvalue weighted by Crippen LogP contribution is -2.40. The molecule has 0 unspecified atom stereocenters. The van der Waals surface area contributed by atoms with Gasteiger partial charge < -0.3 is 0 Å². The molecule has 1 aromatic carbocycles. The van der Waals surface area contributed by atoms with Gasteiger partial charge in [-0.15, -0.1) is 4.83 Å². The average Bonchev–Trinajstić information content (AvgIpc) is 2.27. The highest BCUT2D eigenvalue weighted by Gasteiger charge is 2.07. The molecule has 0 radical (unpaired) electrons. The van der Waals surface area contributed by atoms with E-state index in [0.717, 1.165) is 0 Å². The van der Waals surface area contributed by atoms with Gasteiger partial charge in [-0.3, -0.25) is 10.2 Å². The molecule has 0 aromatic heterocycles. The van der Waals surface area contributed by atoms with Crippen LogP contribution in [0.25, 0.3) is 0 Å². The maximum Gasteiger partial charge on any atom is 0.266 e. The van der Waals surface area contributed by atoms with Crippen LogP contribution in [-0.2, 0) is 10.0 Å². The Bertz CT molecular complexity index is 454. The normalized spacial score (nSPS) is 10.7. The molecule has 0 heterocycles. The van der Waals surface area contributed by atoms with Gasteiger partial charge in [-0.1, -0.05) is 24.8 Å². The molecule has 0 fully saturated rings. The van der Waals surface area contributed by atoms with Gasteiger partial charge in [0.15, 0.2) is 0 Å². The van der Waals surface area contributed by atoms with Crippen molar-refractivity contribution >= 4 is 15.9 Å². The summed E-state index contributed by atoms with van der Waals surface area (Å²) in [6, 6.07) is 8.24. The zero-order chi connectivity index (χ0) is 11.3. The van der Waals surface area contributed by atoms with Gasteiger partial charge in [-0.2, -0.15) is 0 Å². The maximum atomic E-state index is 11.3. The molecular formula is C9H10N2O3S. The number of hydrogen-bond donors (Lipinski definition) is 2. The lowest BCUT2D eigenvalue weighted by molar-refractivity contribution is 0.0945. The van der Waals surface area contributed by atoms with Gasteiger partial charge in [0, 0.05) is 11.0 Å². The molecule has 6 heteroatoms. The highest BCUT2D eigenvalue weighted by molar-refractivity contribution is 7.92. The monoisotopic (exact) mass is 226 g/mol. The van der Waals surface area contributed by atoms with Crippen molar-refractivity contribution in [3.05, 3.63) is 47.9 Å². The first-order chi connectivity index (χ1) is 7.05. The number of rotatable bonds is 4. The molecule has 1 aromatic rings. The second-order valence-electron chi connectivity index (χ2n) is 2.63. The topological polar surface area (TPSA) is 75.3 Å². The highest BCUT2D eigenvalue weighted by Crippen LogP contribution is 1.96. The lowest BCUT2D eigenvalue weighted by Gasteiger charge is -2.04. The van der Waals surface area contributed by atoms with Crippen LogP contribution in [0, 0.1) is 0 Å². The summed E-state index contributed by atoms with van der Waals surface area (Å²) < 4.78 is 21.8. The van der Waals surface area contributed by atoms with Crippen LogP contribution in [0.2, 0.25) is 0 Å². The fourth-order valence-corrected chi connectivity index (χ4v) is 1.14. The van der Waals surface area contributed by atoms with E-state index in [2.05, 4.69) is 6.58 Å². The molecule has 1 rings (SSSR count). The Balaban J connectivity index is 2.63. The summed E-state index contributed by atoms with van der Waals surface area (Å²) in [5.41, 5.74) is 2.41. The van der Waals surface area contributed by atoms with Gasteiger partial charge in [-0.25, -0.2) is 8.42 Å². The van der Waals surface area contributed by atoms with E-state index < -0.39 is 15.9 Å². The largest absolute Gasteiger partial charge is 0.274 e. The van der Waals surface area contributed by atoms with E-state index in [9.17, 15) is 13.2 Å². The Kier molecular flexibility index (Phi) is 3.59. The van der Waals surface area contributed by atoms with E-state index in [1.165, 1.54) is 0 Å². The van der Waals surface area contributed by atoms with E-state index in [1.807, 2.05) is 10.3 Å². The molecular weight excluding hydrogens is 216 g/mol. The second-order valence-corrected chi connectivity index (χ2v) is 4.26. The molecule has 0 saturated carbocycles. The first kappa shape index (κ1) is 11.4. The van der Waals surface area contributed by atoms with Crippen LogP contribution in [0.1, 0.15) is 10.4 Å². The molecule has 0 aliphatic rings. The van der Waals surface area contributed by atoms with Crippen LogP contribution in [-0.4, -0.2) is 14.3 Å². The van der Waals surface area contributed by atoms with Crippen LogP contribution in [0.15, 0.2) is 42.3 Å². The fourth-order valence-electron chi connectivity index (χ4n) is 0.821. The van der Waals surface area contributed by atoms with Crippen molar-refractivity contribution in [3.8, 4) is 0 Å². The number of nitrogens with one attached hydrogen (secondary N) is 2. The summed E-state index contributed by atoms with van der Waals surface area (Å²) in [7, 11) is -3.64. The Morgan fingerprint density at radius 2 is 1.87 bits per heavy atom. The third-order valence-electron chi connectivity index (χ3n) is 1.56. The van der Waals surface area contributed by atoms with Crippen molar-refractivity contribution < 1.29 is 13.2 Å². The van der Waals surface area contributed by atoms with Gasteiger partial charge in [0.2, 0.25) is 10.0 Å². The molecule has 0 atom stereocenters. The summed E-state index contributed by atoms with van der Waals surface area (Å²) in [6.45, 7) is 3.08. The Morgan fingerprint density at radius 3 is 2.40 bits per heavy atom. The van der Waals surface area contributed by atoms with Crippen molar-refractivity contribution in [1.29, 1.82) is 0 Å². The van der Waals surface area contributed by atoms with Crippen molar-refractivity contribution in [3.63, 3.8) is 0 Å². The molecule has 80 valence electrons. The minimum Gasteiger partial charge on any atom is -0.274 e. The first-order valence-corrected chi connectivity index (χ1v) is 5.59. The van der Waals surface area contributed by atoms with E-state index in [4.69, 9.17) is 0 Å². The Morgan fingerprint density at radius 1 is 1.27 bits per heavy atom. The van der Waals surface area contributed by atoms with Crippen LogP contribution in [0.4, 0.5) is 0 Å². The third-order valence-corrected chi connectivity index (χ3v) is 2.39. The van der Waals surface area contributed by atoms with Gasteiger partial charge in [0.1, 0.15) is 0 Å². The number of hydrogen-bond acceptors (Lipinski definition) is 3. The van der Waals surface area contributed by atoms with Gasteiger partial charge in [0.25, 0.3) is 5.91 Å². The quantitative estimate of drug-likeness (QED) is 0.729. The summed E-state index contributed by atoms with van der Waals surface area (Å²) >= 11 is 0. The molecule has 0 bridgehead atoms. The predicted molar refractivity (Wildman–Crippen MR) is 56.2 cm³/mol. The van der Waals surface area contributed by atoms with Crippen LogP contribution in [0.5, 0.6) is 0 Å². The van der Waals surface area contributed by atoms with Crippen molar-refractivity contribution in [1.82, 2.24) is 10.3 Å². The molecule has 0 aliphatic carbocycles. The molecule has 0 aliphatic heterocycles. The number of sulfonamides is 1. The summed E-state index contributed by atoms with van der Waals surface area (Å²) in [6.07, 6.45) is 0. The number of carbonyl (C=O) groups is 1. The van der Waals surface area contributed by atoms with Crippen molar-refractivity contribution in [2.24, 2.45) is 0 Å². The number of hydrazine groups is 1. The molecule has 2 N–H and O–H groups in total. The SMILES string of the molecule is C=CS(=O)(=O)NNC(=O)c1ccccc1. The van der Waals surface area contributed by atoms with Gasteiger partial charge >= 0.3 is 0 Å². The molecule has 5 nitrogen and oxygen atoms in total. The van der Waals surface area contributed by atoms with E-state index in [1.54, 1.807) is 30.3 Å². The van der Waals surface area contributed by atoms with Crippen LogP contribution < -0.4 is 10.3 Å². The van der Waals surface area contributed by atoms with Gasteiger partial charge in [0.05, 0.1) is 0 Å². The van der Waals surface area contributed by atoms with Crippen molar-refractivity contribution in [2.75, 3.05) is 0 Å². The smallest absolute Gasteiger partial charge is 0.266 e. The van der Waals surface area contributed by atoms with Crippen molar-refractivity contribution in [2.45, 2.75) is 0 Å². The lowest BCUT2D eigenvalue weighted by atomic mass is 10.2. The third kappa shape index (κ3) is 3.53. The Hall–Kier alpha value is -1.66. The second kappa shape index (κ2) is 4.72. The van der Waals surface area contributed by atoms with Crippen LogP contribution >= 0.6 is 0 Å². The van der Waals surface area contributed by atoms with Gasteiger partial charge in [-0.05, 0) is 12.1 Å². The summed E-state index contributed by atoms with van der Waals surface area (Å²) in [5.74, 6) is -0.527. The zero-order valence-corrected chi connectivity index (χ0v) is 8.62. The van der Waals surface area contributed by atoms with E-state index in [0.29, 0.717) is 11.0 Å². The fraction of sp³-hybridized carbons (Fsp3) is 0. The first-order valence-electron chi connectivity index (χ1n) is 4.05. The van der Waals surface area contributed by atoms with Crippen LogP contribution in [0.3, 0.4) is 0 Å².